The summed E-state index contributed by atoms with van der Waals surface area (Å²) in [4.78, 5) is 7.30. The van der Waals surface area contributed by atoms with Crippen LogP contribution in [-0.4, -0.2) is 4.98 Å². The molecule has 9 aromatic carbocycles. The van der Waals surface area contributed by atoms with E-state index >= 15 is 0 Å². The maximum atomic E-state index is 6.39. The molecule has 0 amide bonds. The standard InChI is InChI=1S/C51H32N2OS/c1-3-9-33(10-4-1)34-15-21-41(22-16-34)53(43-25-28-48-46(32-43)45-30-37-13-7-8-14-38(37)31-49(45)54-48)42-23-17-35(18-24-42)39-19-26-44-40(29-39)20-27-47-50(44)55-51(52-47)36-11-5-2-6-12-36/h1-32H. The average molecular weight is 721 g/mol. The Kier molecular flexibility index (Phi) is 7.35. The van der Waals surface area contributed by atoms with Crippen LogP contribution < -0.4 is 4.90 Å². The molecule has 0 saturated carbocycles. The summed E-state index contributed by atoms with van der Waals surface area (Å²) in [6.07, 6.45) is 0. The van der Waals surface area contributed by atoms with Crippen LogP contribution in [0.5, 0.6) is 0 Å². The van der Waals surface area contributed by atoms with Gasteiger partial charge in [-0.1, -0.05) is 127 Å². The van der Waals surface area contributed by atoms with Gasteiger partial charge in [0.2, 0.25) is 0 Å². The van der Waals surface area contributed by atoms with Crippen molar-refractivity contribution in [3.63, 3.8) is 0 Å². The molecule has 11 aromatic rings. The summed E-state index contributed by atoms with van der Waals surface area (Å²) in [6, 6.07) is 69.3. The third-order valence-corrected chi connectivity index (χ3v) is 11.8. The summed E-state index contributed by atoms with van der Waals surface area (Å²) in [5, 5.41) is 8.10. The van der Waals surface area contributed by atoms with Gasteiger partial charge >= 0.3 is 0 Å². The Labute approximate surface area is 322 Å². The van der Waals surface area contributed by atoms with Gasteiger partial charge in [0.15, 0.2) is 0 Å². The van der Waals surface area contributed by atoms with Gasteiger partial charge in [-0.25, -0.2) is 4.98 Å². The second kappa shape index (κ2) is 12.8. The fourth-order valence-corrected chi connectivity index (χ4v) is 8.98. The first-order valence-electron chi connectivity index (χ1n) is 18.5. The van der Waals surface area contributed by atoms with Crippen LogP contribution >= 0.6 is 11.3 Å². The van der Waals surface area contributed by atoms with E-state index in [4.69, 9.17) is 9.40 Å². The molecule has 0 unspecified atom stereocenters. The zero-order valence-electron chi connectivity index (χ0n) is 29.7. The van der Waals surface area contributed by atoms with E-state index in [0.29, 0.717) is 0 Å². The van der Waals surface area contributed by atoms with Crippen molar-refractivity contribution in [2.45, 2.75) is 0 Å². The van der Waals surface area contributed by atoms with Crippen LogP contribution in [0.2, 0.25) is 0 Å². The summed E-state index contributed by atoms with van der Waals surface area (Å²) in [5.41, 5.74) is 11.9. The number of benzene rings is 9. The molecule has 0 aliphatic heterocycles. The number of thiazole rings is 1. The summed E-state index contributed by atoms with van der Waals surface area (Å²) in [7, 11) is 0. The molecule has 0 aliphatic carbocycles. The van der Waals surface area contributed by atoms with Gasteiger partial charge in [0.1, 0.15) is 16.2 Å². The molecule has 0 atom stereocenters. The Balaban J connectivity index is 0.990. The van der Waals surface area contributed by atoms with Crippen LogP contribution in [0.1, 0.15) is 0 Å². The molecular formula is C51H32N2OS. The number of nitrogens with zero attached hydrogens (tertiary/aromatic N) is 2. The SMILES string of the molecule is c1ccc(-c2ccc(N(c3ccc(-c4ccc5c(ccc6nc(-c7ccccc7)sc65)c4)cc3)c3ccc4oc5cc6ccccc6cc5c4c3)cc2)cc1. The molecular weight excluding hydrogens is 689 g/mol. The molecule has 4 heteroatoms. The molecule has 0 N–H and O–H groups in total. The summed E-state index contributed by atoms with van der Waals surface area (Å²) < 4.78 is 7.62. The lowest BCUT2D eigenvalue weighted by molar-refractivity contribution is 0.669. The lowest BCUT2D eigenvalue weighted by Gasteiger charge is -2.26. The van der Waals surface area contributed by atoms with Crippen molar-refractivity contribution < 1.29 is 4.42 Å². The number of anilines is 3. The van der Waals surface area contributed by atoms with Crippen molar-refractivity contribution in [2.24, 2.45) is 0 Å². The highest BCUT2D eigenvalue weighted by Crippen LogP contribution is 2.41. The minimum absolute atomic E-state index is 0.881. The van der Waals surface area contributed by atoms with E-state index in [1.54, 1.807) is 11.3 Å². The van der Waals surface area contributed by atoms with Gasteiger partial charge in [-0.3, -0.25) is 0 Å². The molecule has 0 radical (unpaired) electrons. The molecule has 0 fully saturated rings. The van der Waals surface area contributed by atoms with E-state index in [1.165, 1.54) is 48.5 Å². The number of rotatable bonds is 6. The predicted octanol–water partition coefficient (Wildman–Crippen LogP) is 15.0. The second-order valence-corrected chi connectivity index (χ2v) is 15.0. The molecule has 258 valence electrons. The topological polar surface area (TPSA) is 29.3 Å². The molecule has 2 heterocycles. The Morgan fingerprint density at radius 3 is 1.69 bits per heavy atom. The molecule has 55 heavy (non-hydrogen) atoms. The van der Waals surface area contributed by atoms with Crippen molar-refractivity contribution in [2.75, 3.05) is 4.90 Å². The van der Waals surface area contributed by atoms with E-state index in [9.17, 15) is 0 Å². The molecule has 2 aromatic heterocycles. The molecule has 3 nitrogen and oxygen atoms in total. The first-order chi connectivity index (χ1) is 27.2. The van der Waals surface area contributed by atoms with Gasteiger partial charge in [-0.2, -0.15) is 0 Å². The number of fused-ring (bicyclic) bond motifs is 7. The van der Waals surface area contributed by atoms with Crippen molar-refractivity contribution in [1.82, 2.24) is 4.98 Å². The van der Waals surface area contributed by atoms with Crippen LogP contribution in [0, 0.1) is 0 Å². The van der Waals surface area contributed by atoms with Crippen molar-refractivity contribution >= 4 is 82.1 Å². The number of hydrogen-bond donors (Lipinski definition) is 0. The highest BCUT2D eigenvalue weighted by atomic mass is 32.1. The van der Waals surface area contributed by atoms with Gasteiger partial charge < -0.3 is 9.32 Å². The van der Waals surface area contributed by atoms with Gasteiger partial charge in [-0.15, -0.1) is 11.3 Å². The van der Waals surface area contributed by atoms with Gasteiger partial charge in [0, 0.05) is 38.8 Å². The zero-order chi connectivity index (χ0) is 36.3. The van der Waals surface area contributed by atoms with Crippen LogP contribution in [0.3, 0.4) is 0 Å². The van der Waals surface area contributed by atoms with E-state index in [-0.39, 0.29) is 0 Å². The Morgan fingerprint density at radius 2 is 0.964 bits per heavy atom. The molecule has 0 bridgehead atoms. The van der Waals surface area contributed by atoms with E-state index < -0.39 is 0 Å². The second-order valence-electron chi connectivity index (χ2n) is 14.0. The largest absolute Gasteiger partial charge is 0.456 e. The number of hydrogen-bond acceptors (Lipinski definition) is 4. The van der Waals surface area contributed by atoms with E-state index in [1.807, 2.05) is 6.07 Å². The highest BCUT2D eigenvalue weighted by molar-refractivity contribution is 7.22. The lowest BCUT2D eigenvalue weighted by Crippen LogP contribution is -2.09. The van der Waals surface area contributed by atoms with Crippen LogP contribution in [0.25, 0.3) is 86.5 Å². The number of aromatic nitrogens is 1. The third kappa shape index (κ3) is 5.54. The lowest BCUT2D eigenvalue weighted by atomic mass is 10.0. The molecule has 0 aliphatic rings. The van der Waals surface area contributed by atoms with Crippen molar-refractivity contribution in [3.05, 3.63) is 194 Å². The van der Waals surface area contributed by atoms with Crippen LogP contribution in [0.15, 0.2) is 199 Å². The minimum atomic E-state index is 0.881. The molecule has 11 rings (SSSR count). The Bertz CT molecular complexity index is 3180. The van der Waals surface area contributed by atoms with Crippen LogP contribution in [0.4, 0.5) is 17.1 Å². The third-order valence-electron chi connectivity index (χ3n) is 10.7. The summed E-state index contributed by atoms with van der Waals surface area (Å²) in [5.74, 6) is 0. The quantitative estimate of drug-likeness (QED) is 0.171. The van der Waals surface area contributed by atoms with Crippen LogP contribution in [-0.2, 0) is 0 Å². The summed E-state index contributed by atoms with van der Waals surface area (Å²) in [6.45, 7) is 0. The van der Waals surface area contributed by atoms with Gasteiger partial charge in [0.05, 0.1) is 10.2 Å². The first-order valence-corrected chi connectivity index (χ1v) is 19.3. The average Bonchev–Trinajstić information content (AvgIpc) is 3.85. The molecule has 0 saturated heterocycles. The van der Waals surface area contributed by atoms with Gasteiger partial charge in [-0.05, 0) is 105 Å². The fraction of sp³-hybridized carbons (Fsp3) is 0. The van der Waals surface area contributed by atoms with Crippen molar-refractivity contribution in [3.8, 4) is 32.8 Å². The highest BCUT2D eigenvalue weighted by Gasteiger charge is 2.17. The predicted molar refractivity (Wildman–Crippen MR) is 233 cm³/mol. The fourth-order valence-electron chi connectivity index (χ4n) is 7.87. The Morgan fingerprint density at radius 1 is 0.382 bits per heavy atom. The Hall–Kier alpha value is -7.01. The first kappa shape index (κ1) is 31.5. The maximum absolute atomic E-state index is 6.39. The normalized spacial score (nSPS) is 11.6. The molecule has 0 spiro atoms. The van der Waals surface area contributed by atoms with E-state index in [2.05, 4.69) is 193 Å². The smallest absolute Gasteiger partial charge is 0.136 e. The monoisotopic (exact) mass is 720 g/mol. The van der Waals surface area contributed by atoms with Gasteiger partial charge in [0.25, 0.3) is 0 Å². The number of furan rings is 1. The summed E-state index contributed by atoms with van der Waals surface area (Å²) >= 11 is 1.76. The zero-order valence-corrected chi connectivity index (χ0v) is 30.5. The minimum Gasteiger partial charge on any atom is -0.456 e. The van der Waals surface area contributed by atoms with E-state index in [0.717, 1.165) is 55.1 Å². The van der Waals surface area contributed by atoms with Crippen molar-refractivity contribution in [1.29, 1.82) is 0 Å². The maximum Gasteiger partial charge on any atom is 0.136 e.